The molecule has 4 aliphatic carbocycles. The molecular weight excluding hydrogens is 344 g/mol. The molecule has 136 valence electrons. The molecule has 5 heteroatoms. The minimum Gasteiger partial charge on any atom is -0.496 e. The van der Waals surface area contributed by atoms with Crippen LogP contribution < -0.4 is 10.1 Å². The van der Waals surface area contributed by atoms with Crippen molar-refractivity contribution in [2.45, 2.75) is 38.5 Å². The summed E-state index contributed by atoms with van der Waals surface area (Å²) in [5.74, 6) is 3.32. The molecule has 0 unspecified atom stereocenters. The van der Waals surface area contributed by atoms with E-state index in [0.717, 1.165) is 54.0 Å². The van der Waals surface area contributed by atoms with Gasteiger partial charge in [0.05, 0.1) is 18.2 Å². The zero-order chi connectivity index (χ0) is 17.7. The van der Waals surface area contributed by atoms with E-state index in [-0.39, 0.29) is 11.3 Å². The molecule has 0 radical (unpaired) electrons. The minimum absolute atomic E-state index is 0.134. The molecule has 4 bridgehead atoms. The van der Waals surface area contributed by atoms with Crippen LogP contribution in [0.5, 0.6) is 5.75 Å². The second kappa shape index (κ2) is 6.08. The summed E-state index contributed by atoms with van der Waals surface area (Å²) >= 11 is 1.50. The van der Waals surface area contributed by atoms with Gasteiger partial charge in [-0.15, -0.1) is 11.3 Å². The average Bonchev–Trinajstić information content (AvgIpc) is 3.09. The first-order valence-electron chi connectivity index (χ1n) is 9.55. The summed E-state index contributed by atoms with van der Waals surface area (Å²) in [7, 11) is 1.67. The molecule has 1 N–H and O–H groups in total. The fraction of sp³-hybridized carbons (Fsp3) is 0.524. The summed E-state index contributed by atoms with van der Waals surface area (Å²) in [6.45, 7) is 0. The van der Waals surface area contributed by atoms with Gasteiger partial charge in [-0.3, -0.25) is 4.79 Å². The number of aromatic nitrogens is 1. The number of amides is 1. The number of hydrogen-bond donors (Lipinski definition) is 1. The topological polar surface area (TPSA) is 51.2 Å². The van der Waals surface area contributed by atoms with E-state index in [9.17, 15) is 4.79 Å². The molecule has 0 saturated heterocycles. The maximum Gasteiger partial charge on any atom is 0.232 e. The number of carbonyl (C=O) groups excluding carboxylic acids is 1. The van der Waals surface area contributed by atoms with Gasteiger partial charge in [0.15, 0.2) is 5.13 Å². The highest BCUT2D eigenvalue weighted by atomic mass is 32.1. The van der Waals surface area contributed by atoms with Crippen LogP contribution in [0.25, 0.3) is 11.3 Å². The van der Waals surface area contributed by atoms with Crippen LogP contribution in [-0.4, -0.2) is 18.0 Å². The van der Waals surface area contributed by atoms with Gasteiger partial charge < -0.3 is 10.1 Å². The van der Waals surface area contributed by atoms with E-state index in [1.54, 1.807) is 7.11 Å². The molecule has 1 aromatic heterocycles. The molecule has 0 aliphatic heterocycles. The highest BCUT2D eigenvalue weighted by Crippen LogP contribution is 2.60. The third-order valence-corrected chi connectivity index (χ3v) is 7.39. The van der Waals surface area contributed by atoms with Crippen LogP contribution in [0.3, 0.4) is 0 Å². The Hall–Kier alpha value is -1.88. The summed E-state index contributed by atoms with van der Waals surface area (Å²) in [5.41, 5.74) is 1.68. The largest absolute Gasteiger partial charge is 0.496 e. The van der Waals surface area contributed by atoms with Gasteiger partial charge in [0.1, 0.15) is 5.75 Å². The van der Waals surface area contributed by atoms with Gasteiger partial charge >= 0.3 is 0 Å². The molecule has 1 heterocycles. The summed E-state index contributed by atoms with van der Waals surface area (Å²) in [5, 5.41) is 5.85. The number of carbonyl (C=O) groups is 1. The Morgan fingerprint density at radius 3 is 2.46 bits per heavy atom. The highest BCUT2D eigenvalue weighted by molar-refractivity contribution is 7.14. The van der Waals surface area contributed by atoms with Crippen LogP contribution in [0.15, 0.2) is 29.6 Å². The lowest BCUT2D eigenvalue weighted by Crippen LogP contribution is -2.51. The zero-order valence-corrected chi connectivity index (χ0v) is 15.8. The van der Waals surface area contributed by atoms with Gasteiger partial charge in [-0.1, -0.05) is 12.1 Å². The monoisotopic (exact) mass is 368 g/mol. The summed E-state index contributed by atoms with van der Waals surface area (Å²) in [4.78, 5) is 17.8. The molecule has 26 heavy (non-hydrogen) atoms. The van der Waals surface area contributed by atoms with E-state index < -0.39 is 0 Å². The van der Waals surface area contributed by atoms with Gasteiger partial charge in [-0.2, -0.15) is 0 Å². The maximum atomic E-state index is 13.2. The van der Waals surface area contributed by atoms with Gasteiger partial charge in [-0.25, -0.2) is 4.98 Å². The fourth-order valence-corrected chi connectivity index (χ4v) is 6.64. The third-order valence-electron chi connectivity index (χ3n) is 6.63. The van der Waals surface area contributed by atoms with E-state index >= 15 is 0 Å². The van der Waals surface area contributed by atoms with Crippen molar-refractivity contribution < 1.29 is 9.53 Å². The number of benzene rings is 1. The normalized spacial score (nSPS) is 31.8. The molecule has 2 aromatic rings. The Labute approximate surface area is 158 Å². The maximum absolute atomic E-state index is 13.2. The first kappa shape index (κ1) is 16.3. The van der Waals surface area contributed by atoms with E-state index in [0.29, 0.717) is 5.13 Å². The Morgan fingerprint density at radius 1 is 1.15 bits per heavy atom. The van der Waals surface area contributed by atoms with Crippen LogP contribution in [0.4, 0.5) is 5.13 Å². The Balaban J connectivity index is 1.36. The van der Waals surface area contributed by atoms with Crippen LogP contribution in [-0.2, 0) is 4.79 Å². The first-order valence-corrected chi connectivity index (χ1v) is 10.4. The van der Waals surface area contributed by atoms with E-state index in [4.69, 9.17) is 4.74 Å². The quantitative estimate of drug-likeness (QED) is 0.828. The van der Waals surface area contributed by atoms with Gasteiger partial charge in [-0.05, 0) is 68.4 Å². The van der Waals surface area contributed by atoms with Crippen LogP contribution in [0.1, 0.15) is 38.5 Å². The van der Waals surface area contributed by atoms with Crippen molar-refractivity contribution in [3.05, 3.63) is 29.6 Å². The van der Waals surface area contributed by atoms with Crippen molar-refractivity contribution in [3.8, 4) is 17.0 Å². The fourth-order valence-electron chi connectivity index (χ4n) is 5.93. The molecule has 1 aromatic carbocycles. The van der Waals surface area contributed by atoms with E-state index in [1.165, 1.54) is 30.6 Å². The number of rotatable bonds is 4. The van der Waals surface area contributed by atoms with Crippen molar-refractivity contribution in [1.82, 2.24) is 4.98 Å². The SMILES string of the molecule is COc1ccccc1-c1csc(NC(=O)C23CC4CC(CC(C4)C2)C3)n1. The number of anilines is 1. The summed E-state index contributed by atoms with van der Waals surface area (Å²) in [6, 6.07) is 7.86. The third kappa shape index (κ3) is 2.64. The minimum atomic E-state index is -0.134. The molecule has 4 saturated carbocycles. The standard InChI is InChI=1S/C21H24N2O2S/c1-25-18-5-3-2-4-16(18)17-12-26-20(22-17)23-19(24)21-9-13-6-14(10-21)8-15(7-13)11-21/h2-5,12-15H,6-11H2,1H3,(H,22,23,24). The number of hydrogen-bond acceptors (Lipinski definition) is 4. The van der Waals surface area contributed by atoms with Gasteiger partial charge in [0.2, 0.25) is 5.91 Å². The molecule has 1 amide bonds. The smallest absolute Gasteiger partial charge is 0.232 e. The molecule has 4 nitrogen and oxygen atoms in total. The number of thiazole rings is 1. The molecular formula is C21H24N2O2S. The van der Waals surface area contributed by atoms with Crippen molar-refractivity contribution in [3.63, 3.8) is 0 Å². The first-order chi connectivity index (χ1) is 12.6. The lowest BCUT2D eigenvalue weighted by Gasteiger charge is -2.55. The molecule has 4 fully saturated rings. The lowest BCUT2D eigenvalue weighted by atomic mass is 9.49. The lowest BCUT2D eigenvalue weighted by molar-refractivity contribution is -0.140. The molecule has 0 spiro atoms. The van der Waals surface area contributed by atoms with Crippen molar-refractivity contribution in [2.24, 2.45) is 23.2 Å². The Kier molecular flexibility index (Phi) is 3.82. The van der Waals surface area contributed by atoms with Gasteiger partial charge in [0, 0.05) is 10.9 Å². The predicted molar refractivity (Wildman–Crippen MR) is 103 cm³/mol. The second-order valence-corrected chi connectivity index (χ2v) is 9.25. The van der Waals surface area contributed by atoms with E-state index in [2.05, 4.69) is 10.3 Å². The molecule has 4 aliphatic rings. The number of para-hydroxylation sites is 1. The number of nitrogens with one attached hydrogen (secondary N) is 1. The number of methoxy groups -OCH3 is 1. The van der Waals surface area contributed by atoms with Crippen LogP contribution >= 0.6 is 11.3 Å². The van der Waals surface area contributed by atoms with Crippen LogP contribution in [0.2, 0.25) is 0 Å². The number of nitrogens with zero attached hydrogens (tertiary/aromatic N) is 1. The molecule has 0 atom stereocenters. The van der Waals surface area contributed by atoms with Crippen molar-refractivity contribution in [1.29, 1.82) is 0 Å². The van der Waals surface area contributed by atoms with E-state index in [1.807, 2.05) is 29.6 Å². The number of ether oxygens (including phenoxy) is 1. The predicted octanol–water partition coefficient (Wildman–Crippen LogP) is 4.97. The average molecular weight is 369 g/mol. The second-order valence-electron chi connectivity index (χ2n) is 8.39. The summed E-state index contributed by atoms with van der Waals surface area (Å²) in [6.07, 6.45) is 7.28. The Bertz CT molecular complexity index is 809. The summed E-state index contributed by atoms with van der Waals surface area (Å²) < 4.78 is 5.43. The van der Waals surface area contributed by atoms with Crippen molar-refractivity contribution in [2.75, 3.05) is 12.4 Å². The molecule has 6 rings (SSSR count). The zero-order valence-electron chi connectivity index (χ0n) is 15.0. The Morgan fingerprint density at radius 2 is 1.81 bits per heavy atom. The van der Waals surface area contributed by atoms with Gasteiger partial charge in [0.25, 0.3) is 0 Å². The highest BCUT2D eigenvalue weighted by Gasteiger charge is 2.54. The van der Waals surface area contributed by atoms with Crippen LogP contribution in [0, 0.1) is 23.2 Å². The van der Waals surface area contributed by atoms with Crippen molar-refractivity contribution >= 4 is 22.4 Å².